The molecule has 0 saturated heterocycles. The standard InChI is InChI=1S/C16H23NO/c1-13(2)9-7-8-12-16(18)17-14(3)15-10-5-4-6-11-15/h4-7,9-11,13-14H,8,12H2,1-3H3,(H,17,18)/b9-7+. The Balaban J connectivity index is 2.32. The third-order valence-corrected chi connectivity index (χ3v) is 2.74. The number of allylic oxidation sites excluding steroid dienone is 2. The van der Waals surface area contributed by atoms with Gasteiger partial charge in [0.25, 0.3) is 0 Å². The fourth-order valence-corrected chi connectivity index (χ4v) is 1.72. The molecular weight excluding hydrogens is 222 g/mol. The molecule has 1 aromatic carbocycles. The number of hydrogen-bond acceptors (Lipinski definition) is 1. The third kappa shape index (κ3) is 5.67. The molecule has 1 amide bonds. The summed E-state index contributed by atoms with van der Waals surface area (Å²) in [5.41, 5.74) is 1.14. The first-order valence-corrected chi connectivity index (χ1v) is 6.60. The van der Waals surface area contributed by atoms with Crippen molar-refractivity contribution >= 4 is 5.91 Å². The average molecular weight is 245 g/mol. The van der Waals surface area contributed by atoms with Crippen molar-refractivity contribution < 1.29 is 4.79 Å². The van der Waals surface area contributed by atoms with Crippen LogP contribution in [0.4, 0.5) is 0 Å². The number of amides is 1. The number of rotatable bonds is 6. The highest BCUT2D eigenvalue weighted by Gasteiger charge is 2.07. The Hall–Kier alpha value is -1.57. The van der Waals surface area contributed by atoms with Gasteiger partial charge in [0.1, 0.15) is 0 Å². The number of benzene rings is 1. The van der Waals surface area contributed by atoms with Gasteiger partial charge in [0.2, 0.25) is 5.91 Å². The van der Waals surface area contributed by atoms with Crippen LogP contribution in [0.15, 0.2) is 42.5 Å². The van der Waals surface area contributed by atoms with E-state index in [1.165, 1.54) is 0 Å². The molecule has 0 aliphatic heterocycles. The summed E-state index contributed by atoms with van der Waals surface area (Å²) in [6.45, 7) is 6.28. The SMILES string of the molecule is CC(C)/C=C/CCC(=O)NC(C)c1ccccc1. The minimum Gasteiger partial charge on any atom is -0.350 e. The van der Waals surface area contributed by atoms with Gasteiger partial charge in [0.15, 0.2) is 0 Å². The summed E-state index contributed by atoms with van der Waals surface area (Å²) in [6, 6.07) is 10.1. The first-order valence-electron chi connectivity index (χ1n) is 6.60. The van der Waals surface area contributed by atoms with E-state index in [-0.39, 0.29) is 11.9 Å². The van der Waals surface area contributed by atoms with Gasteiger partial charge in [-0.3, -0.25) is 4.79 Å². The Kier molecular flexibility index (Phi) is 6.20. The molecule has 0 aliphatic carbocycles. The average Bonchev–Trinajstić information content (AvgIpc) is 2.35. The maximum absolute atomic E-state index is 11.7. The van der Waals surface area contributed by atoms with Crippen LogP contribution in [-0.4, -0.2) is 5.91 Å². The molecule has 1 aromatic rings. The zero-order valence-electron chi connectivity index (χ0n) is 11.5. The summed E-state index contributed by atoms with van der Waals surface area (Å²) in [7, 11) is 0. The lowest BCUT2D eigenvalue weighted by atomic mass is 10.1. The second-order valence-electron chi connectivity index (χ2n) is 4.91. The maximum atomic E-state index is 11.7. The topological polar surface area (TPSA) is 29.1 Å². The van der Waals surface area contributed by atoms with Crippen molar-refractivity contribution in [1.82, 2.24) is 5.32 Å². The molecule has 0 bridgehead atoms. The first kappa shape index (κ1) is 14.5. The summed E-state index contributed by atoms with van der Waals surface area (Å²) in [5.74, 6) is 0.663. The first-order chi connectivity index (χ1) is 8.59. The Morgan fingerprint density at radius 2 is 1.89 bits per heavy atom. The van der Waals surface area contributed by atoms with Crippen LogP contribution in [0.25, 0.3) is 0 Å². The number of carbonyl (C=O) groups is 1. The molecule has 0 heterocycles. The van der Waals surface area contributed by atoms with Crippen LogP contribution in [0, 0.1) is 5.92 Å². The molecule has 1 N–H and O–H groups in total. The summed E-state index contributed by atoms with van der Waals surface area (Å²) < 4.78 is 0. The molecule has 0 aliphatic rings. The molecule has 1 rings (SSSR count). The van der Waals surface area contributed by atoms with E-state index in [4.69, 9.17) is 0 Å². The van der Waals surface area contributed by atoms with Gasteiger partial charge in [-0.15, -0.1) is 0 Å². The van der Waals surface area contributed by atoms with Crippen molar-refractivity contribution in [3.05, 3.63) is 48.0 Å². The molecule has 2 nitrogen and oxygen atoms in total. The van der Waals surface area contributed by atoms with Crippen molar-refractivity contribution in [2.45, 2.75) is 39.7 Å². The molecule has 98 valence electrons. The molecule has 0 fully saturated rings. The lowest BCUT2D eigenvalue weighted by molar-refractivity contribution is -0.121. The maximum Gasteiger partial charge on any atom is 0.220 e. The fourth-order valence-electron chi connectivity index (χ4n) is 1.72. The van der Waals surface area contributed by atoms with E-state index >= 15 is 0 Å². The zero-order valence-corrected chi connectivity index (χ0v) is 11.5. The third-order valence-electron chi connectivity index (χ3n) is 2.74. The monoisotopic (exact) mass is 245 g/mol. The molecular formula is C16H23NO. The summed E-state index contributed by atoms with van der Waals surface area (Å²) >= 11 is 0. The van der Waals surface area contributed by atoms with Gasteiger partial charge in [-0.05, 0) is 24.8 Å². The summed E-state index contributed by atoms with van der Waals surface area (Å²) in [4.78, 5) is 11.7. The predicted octanol–water partition coefficient (Wildman–Crippen LogP) is 3.86. The van der Waals surface area contributed by atoms with Gasteiger partial charge in [0, 0.05) is 6.42 Å². The van der Waals surface area contributed by atoms with Gasteiger partial charge in [-0.2, -0.15) is 0 Å². The fraction of sp³-hybridized carbons (Fsp3) is 0.438. The molecule has 0 saturated carbocycles. The van der Waals surface area contributed by atoms with E-state index in [0.29, 0.717) is 12.3 Å². The highest BCUT2D eigenvalue weighted by Crippen LogP contribution is 2.11. The van der Waals surface area contributed by atoms with E-state index in [0.717, 1.165) is 12.0 Å². The predicted molar refractivity (Wildman–Crippen MR) is 76.2 cm³/mol. The second kappa shape index (κ2) is 7.70. The van der Waals surface area contributed by atoms with Crippen molar-refractivity contribution in [2.75, 3.05) is 0 Å². The Bertz CT molecular complexity index is 381. The second-order valence-corrected chi connectivity index (χ2v) is 4.91. The summed E-state index contributed by atoms with van der Waals surface area (Å²) in [5, 5.41) is 3.01. The zero-order chi connectivity index (χ0) is 13.4. The minimum absolute atomic E-state index is 0.0766. The molecule has 0 spiro atoms. The van der Waals surface area contributed by atoms with Gasteiger partial charge in [-0.25, -0.2) is 0 Å². The van der Waals surface area contributed by atoms with Crippen LogP contribution in [0.1, 0.15) is 45.2 Å². The van der Waals surface area contributed by atoms with E-state index in [2.05, 4.69) is 31.3 Å². The van der Waals surface area contributed by atoms with Gasteiger partial charge >= 0.3 is 0 Å². The van der Waals surface area contributed by atoms with E-state index in [1.54, 1.807) is 0 Å². The smallest absolute Gasteiger partial charge is 0.220 e. The van der Waals surface area contributed by atoms with Gasteiger partial charge < -0.3 is 5.32 Å². The Labute approximate surface area is 110 Å². The van der Waals surface area contributed by atoms with E-state index < -0.39 is 0 Å². The van der Waals surface area contributed by atoms with Gasteiger partial charge in [0.05, 0.1) is 6.04 Å². The van der Waals surface area contributed by atoms with Crippen molar-refractivity contribution in [2.24, 2.45) is 5.92 Å². The van der Waals surface area contributed by atoms with Crippen LogP contribution < -0.4 is 5.32 Å². The summed E-state index contributed by atoms with van der Waals surface area (Å²) in [6.07, 6.45) is 5.58. The largest absolute Gasteiger partial charge is 0.350 e. The molecule has 1 unspecified atom stereocenters. The molecule has 2 heteroatoms. The van der Waals surface area contributed by atoms with Crippen LogP contribution in [-0.2, 0) is 4.79 Å². The molecule has 18 heavy (non-hydrogen) atoms. The lowest BCUT2D eigenvalue weighted by Crippen LogP contribution is -2.26. The van der Waals surface area contributed by atoms with Gasteiger partial charge in [-0.1, -0.05) is 56.3 Å². The van der Waals surface area contributed by atoms with Crippen LogP contribution in [0.3, 0.4) is 0 Å². The quantitative estimate of drug-likeness (QED) is 0.758. The van der Waals surface area contributed by atoms with Crippen LogP contribution in [0.5, 0.6) is 0 Å². The number of nitrogens with one attached hydrogen (secondary N) is 1. The highest BCUT2D eigenvalue weighted by molar-refractivity contribution is 5.76. The normalized spacial score (nSPS) is 12.9. The minimum atomic E-state index is 0.0766. The molecule has 0 radical (unpaired) electrons. The lowest BCUT2D eigenvalue weighted by Gasteiger charge is -2.13. The van der Waals surface area contributed by atoms with Crippen molar-refractivity contribution in [3.8, 4) is 0 Å². The molecule has 0 aromatic heterocycles. The Morgan fingerprint density at radius 1 is 1.22 bits per heavy atom. The van der Waals surface area contributed by atoms with Crippen LogP contribution >= 0.6 is 0 Å². The van der Waals surface area contributed by atoms with Crippen molar-refractivity contribution in [3.63, 3.8) is 0 Å². The van der Waals surface area contributed by atoms with Crippen molar-refractivity contribution in [1.29, 1.82) is 0 Å². The number of carbonyl (C=O) groups excluding carboxylic acids is 1. The van der Waals surface area contributed by atoms with E-state index in [1.807, 2.05) is 37.3 Å². The number of hydrogen-bond donors (Lipinski definition) is 1. The Morgan fingerprint density at radius 3 is 2.50 bits per heavy atom. The molecule has 1 atom stereocenters. The van der Waals surface area contributed by atoms with Crippen LogP contribution in [0.2, 0.25) is 0 Å². The highest BCUT2D eigenvalue weighted by atomic mass is 16.1. The van der Waals surface area contributed by atoms with E-state index in [9.17, 15) is 4.79 Å².